The Hall–Kier alpha value is -2.64. The first-order chi connectivity index (χ1) is 13.7. The van der Waals surface area contributed by atoms with Gasteiger partial charge in [0, 0.05) is 24.4 Å². The topological polar surface area (TPSA) is 93.7 Å². The first-order valence-corrected chi connectivity index (χ1v) is 9.70. The van der Waals surface area contributed by atoms with E-state index in [2.05, 4.69) is 10.6 Å². The van der Waals surface area contributed by atoms with Gasteiger partial charge in [0.1, 0.15) is 17.6 Å². The molecule has 7 nitrogen and oxygen atoms in total. The summed E-state index contributed by atoms with van der Waals surface area (Å²) in [5.41, 5.74) is -0.259. The van der Waals surface area contributed by atoms with E-state index in [1.807, 2.05) is 13.8 Å². The Balaban J connectivity index is 2.08. The SMILES string of the molecule is COC(=O)[C@@H](NC(=O)CCC1(Cc2ccc(OC)cc2F)CCC(=O)N1)C(C)C. The molecular formula is C21H29FN2O5. The summed E-state index contributed by atoms with van der Waals surface area (Å²) in [6.07, 6.45) is 1.54. The minimum absolute atomic E-state index is 0.0955. The average molecular weight is 408 g/mol. The maximum atomic E-state index is 14.4. The molecule has 1 saturated heterocycles. The van der Waals surface area contributed by atoms with Crippen molar-refractivity contribution in [3.8, 4) is 5.75 Å². The lowest BCUT2D eigenvalue weighted by Gasteiger charge is -2.30. The number of amides is 2. The lowest BCUT2D eigenvalue weighted by atomic mass is 9.84. The van der Waals surface area contributed by atoms with E-state index in [9.17, 15) is 18.8 Å². The summed E-state index contributed by atoms with van der Waals surface area (Å²) in [5.74, 6) is -1.06. The van der Waals surface area contributed by atoms with Crippen molar-refractivity contribution in [2.45, 2.75) is 57.5 Å². The number of halogens is 1. The molecule has 29 heavy (non-hydrogen) atoms. The molecule has 0 spiro atoms. The van der Waals surface area contributed by atoms with Crippen LogP contribution in [0.4, 0.5) is 4.39 Å². The van der Waals surface area contributed by atoms with Crippen molar-refractivity contribution in [1.82, 2.24) is 10.6 Å². The number of ether oxygens (including phenoxy) is 2. The number of benzene rings is 1. The van der Waals surface area contributed by atoms with Crippen molar-refractivity contribution in [2.24, 2.45) is 5.92 Å². The lowest BCUT2D eigenvalue weighted by molar-refractivity contribution is -0.146. The van der Waals surface area contributed by atoms with Gasteiger partial charge in [-0.3, -0.25) is 9.59 Å². The van der Waals surface area contributed by atoms with Crippen molar-refractivity contribution in [1.29, 1.82) is 0 Å². The van der Waals surface area contributed by atoms with E-state index in [4.69, 9.17) is 9.47 Å². The predicted molar refractivity (Wildman–Crippen MR) is 105 cm³/mol. The van der Waals surface area contributed by atoms with E-state index in [1.165, 1.54) is 20.3 Å². The van der Waals surface area contributed by atoms with E-state index in [0.29, 0.717) is 30.6 Å². The van der Waals surface area contributed by atoms with Gasteiger partial charge in [-0.15, -0.1) is 0 Å². The number of hydrogen-bond donors (Lipinski definition) is 2. The van der Waals surface area contributed by atoms with Gasteiger partial charge in [0.25, 0.3) is 0 Å². The Morgan fingerprint density at radius 1 is 1.31 bits per heavy atom. The predicted octanol–water partition coefficient (Wildman–Crippen LogP) is 2.12. The number of carbonyl (C=O) groups is 3. The van der Waals surface area contributed by atoms with Crippen LogP contribution in [0.3, 0.4) is 0 Å². The summed E-state index contributed by atoms with van der Waals surface area (Å²) in [7, 11) is 2.74. The third-order valence-electron chi connectivity index (χ3n) is 5.29. The summed E-state index contributed by atoms with van der Waals surface area (Å²) in [5, 5.41) is 5.62. The van der Waals surface area contributed by atoms with Gasteiger partial charge < -0.3 is 20.1 Å². The number of methoxy groups -OCH3 is 2. The molecule has 2 atom stereocenters. The van der Waals surface area contributed by atoms with Gasteiger partial charge in [-0.25, -0.2) is 9.18 Å². The Bertz CT molecular complexity index is 767. The van der Waals surface area contributed by atoms with Crippen LogP contribution in [0.2, 0.25) is 0 Å². The van der Waals surface area contributed by atoms with E-state index in [-0.39, 0.29) is 30.6 Å². The fraction of sp³-hybridized carbons (Fsp3) is 0.571. The fourth-order valence-corrected chi connectivity index (χ4v) is 3.57. The molecular weight excluding hydrogens is 379 g/mol. The van der Waals surface area contributed by atoms with Gasteiger partial charge in [-0.2, -0.15) is 0 Å². The number of rotatable bonds is 9. The summed E-state index contributed by atoms with van der Waals surface area (Å²) >= 11 is 0. The number of esters is 1. The number of carbonyl (C=O) groups excluding carboxylic acids is 3. The monoisotopic (exact) mass is 408 g/mol. The molecule has 0 bridgehead atoms. The third-order valence-corrected chi connectivity index (χ3v) is 5.29. The van der Waals surface area contributed by atoms with Crippen molar-refractivity contribution in [3.63, 3.8) is 0 Å². The molecule has 0 aliphatic carbocycles. The summed E-state index contributed by atoms with van der Waals surface area (Å²) in [6.45, 7) is 3.63. The van der Waals surface area contributed by atoms with Crippen molar-refractivity contribution in [3.05, 3.63) is 29.6 Å². The quantitative estimate of drug-likeness (QED) is 0.611. The molecule has 1 aliphatic rings. The van der Waals surface area contributed by atoms with Crippen LogP contribution in [0.25, 0.3) is 0 Å². The maximum absolute atomic E-state index is 14.4. The Morgan fingerprint density at radius 2 is 2.03 bits per heavy atom. The second-order valence-electron chi connectivity index (χ2n) is 7.77. The highest BCUT2D eigenvalue weighted by Gasteiger charge is 2.39. The molecule has 1 aromatic rings. The minimum Gasteiger partial charge on any atom is -0.497 e. The summed E-state index contributed by atoms with van der Waals surface area (Å²) in [6, 6.07) is 3.86. The smallest absolute Gasteiger partial charge is 0.328 e. The van der Waals surface area contributed by atoms with Gasteiger partial charge in [-0.1, -0.05) is 19.9 Å². The highest BCUT2D eigenvalue weighted by atomic mass is 19.1. The van der Waals surface area contributed by atoms with Crippen LogP contribution in [0.5, 0.6) is 5.75 Å². The van der Waals surface area contributed by atoms with Crippen molar-refractivity contribution >= 4 is 17.8 Å². The van der Waals surface area contributed by atoms with E-state index < -0.39 is 23.4 Å². The van der Waals surface area contributed by atoms with Crippen molar-refractivity contribution < 1.29 is 28.2 Å². The van der Waals surface area contributed by atoms with Crippen LogP contribution >= 0.6 is 0 Å². The first kappa shape index (κ1) is 22.6. The summed E-state index contributed by atoms with van der Waals surface area (Å²) < 4.78 is 24.2. The Morgan fingerprint density at radius 3 is 2.55 bits per heavy atom. The Kier molecular flexibility index (Phi) is 7.59. The number of hydrogen-bond acceptors (Lipinski definition) is 5. The molecule has 1 aromatic carbocycles. The van der Waals surface area contributed by atoms with Gasteiger partial charge >= 0.3 is 5.97 Å². The first-order valence-electron chi connectivity index (χ1n) is 9.70. The third kappa shape index (κ3) is 5.92. The standard InChI is InChI=1S/C21H29FN2O5/c1-13(2)19(20(27)29-4)23-17(25)7-9-21(10-8-18(26)24-21)12-14-5-6-15(28-3)11-16(14)22/h5-6,11,13,19H,7-10,12H2,1-4H3,(H,23,25)(H,24,26)/t19-,21?/m0/s1. The van der Waals surface area contributed by atoms with Gasteiger partial charge in [0.15, 0.2) is 0 Å². The molecule has 0 radical (unpaired) electrons. The molecule has 2 rings (SSSR count). The van der Waals surface area contributed by atoms with E-state index in [0.717, 1.165) is 0 Å². The highest BCUT2D eigenvalue weighted by molar-refractivity contribution is 5.85. The molecule has 2 N–H and O–H groups in total. The molecule has 2 amide bonds. The van der Waals surface area contributed by atoms with Crippen LogP contribution in [0.15, 0.2) is 18.2 Å². The molecule has 160 valence electrons. The second-order valence-corrected chi connectivity index (χ2v) is 7.77. The second kappa shape index (κ2) is 9.71. The van der Waals surface area contributed by atoms with Gasteiger partial charge in [0.2, 0.25) is 11.8 Å². The van der Waals surface area contributed by atoms with E-state index >= 15 is 0 Å². The molecule has 1 fully saturated rings. The van der Waals surface area contributed by atoms with Crippen LogP contribution in [-0.4, -0.2) is 43.6 Å². The zero-order valence-electron chi connectivity index (χ0n) is 17.3. The molecule has 1 unspecified atom stereocenters. The minimum atomic E-state index is -0.736. The normalized spacial score (nSPS) is 19.6. The highest BCUT2D eigenvalue weighted by Crippen LogP contribution is 2.31. The van der Waals surface area contributed by atoms with Crippen LogP contribution in [0, 0.1) is 11.7 Å². The Labute approximate surface area is 170 Å². The molecule has 1 aliphatic heterocycles. The van der Waals surface area contributed by atoms with Gasteiger partial charge in [-0.05, 0) is 36.8 Å². The van der Waals surface area contributed by atoms with Crippen molar-refractivity contribution in [2.75, 3.05) is 14.2 Å². The van der Waals surface area contributed by atoms with E-state index in [1.54, 1.807) is 12.1 Å². The molecule has 0 aromatic heterocycles. The molecule has 0 saturated carbocycles. The lowest BCUT2D eigenvalue weighted by Crippen LogP contribution is -2.47. The zero-order chi connectivity index (χ0) is 21.6. The maximum Gasteiger partial charge on any atom is 0.328 e. The number of nitrogens with one attached hydrogen (secondary N) is 2. The zero-order valence-corrected chi connectivity index (χ0v) is 17.3. The summed E-state index contributed by atoms with van der Waals surface area (Å²) in [4.78, 5) is 36.2. The molecule has 1 heterocycles. The fourth-order valence-electron chi connectivity index (χ4n) is 3.57. The average Bonchev–Trinajstić information content (AvgIpc) is 3.06. The molecule has 8 heteroatoms. The van der Waals surface area contributed by atoms with Crippen LogP contribution in [0.1, 0.15) is 45.1 Å². The van der Waals surface area contributed by atoms with Crippen LogP contribution < -0.4 is 15.4 Å². The largest absolute Gasteiger partial charge is 0.497 e. The van der Waals surface area contributed by atoms with Gasteiger partial charge in [0.05, 0.1) is 14.2 Å². The van der Waals surface area contributed by atoms with Crippen LogP contribution in [-0.2, 0) is 25.5 Å².